The van der Waals surface area contributed by atoms with Crippen molar-refractivity contribution in [1.82, 2.24) is 19.7 Å². The van der Waals surface area contributed by atoms with Crippen LogP contribution >= 0.6 is 11.3 Å². The van der Waals surface area contributed by atoms with Crippen molar-refractivity contribution in [3.8, 4) is 5.75 Å². The van der Waals surface area contributed by atoms with E-state index in [1.807, 2.05) is 30.0 Å². The highest BCUT2D eigenvalue weighted by atomic mass is 32.1. The van der Waals surface area contributed by atoms with Crippen molar-refractivity contribution in [2.24, 2.45) is 0 Å². The topological polar surface area (TPSA) is 131 Å². The fourth-order valence-electron chi connectivity index (χ4n) is 6.14. The minimum atomic E-state index is -1.12. The molecule has 2 fully saturated rings. The van der Waals surface area contributed by atoms with Gasteiger partial charge in [0.05, 0.1) is 43.9 Å². The summed E-state index contributed by atoms with van der Waals surface area (Å²) in [6.07, 6.45) is 2.07. The number of nitrogens with zero attached hydrogens (tertiary/aromatic N) is 4. The summed E-state index contributed by atoms with van der Waals surface area (Å²) in [5.74, 6) is 0.509. The second kappa shape index (κ2) is 14.0. The molecule has 2 unspecified atom stereocenters. The number of rotatable bonds is 11. The van der Waals surface area contributed by atoms with Gasteiger partial charge in [0, 0.05) is 44.6 Å². The lowest BCUT2D eigenvalue weighted by Gasteiger charge is -2.50. The molecule has 1 N–H and O–H groups in total. The first kappa shape index (κ1) is 33.7. The predicted octanol–water partition coefficient (Wildman–Crippen LogP) is 4.94. The van der Waals surface area contributed by atoms with Crippen LogP contribution in [0.2, 0.25) is 0 Å². The summed E-state index contributed by atoms with van der Waals surface area (Å²) in [7, 11) is 3.23. The number of amides is 3. The number of aromatic nitrogens is 1. The molecule has 3 aliphatic rings. The number of carbonyl (C=O) groups excluding carboxylic acids is 2. The van der Waals surface area contributed by atoms with E-state index in [0.29, 0.717) is 31.9 Å². The molecule has 13 heteroatoms. The van der Waals surface area contributed by atoms with E-state index in [0.717, 1.165) is 45.2 Å². The van der Waals surface area contributed by atoms with Gasteiger partial charge in [0.15, 0.2) is 0 Å². The minimum Gasteiger partial charge on any atom is -0.496 e. The maximum Gasteiger partial charge on any atom is 0.410 e. The highest BCUT2D eigenvalue weighted by molar-refractivity contribution is 7.12. The molecular formula is C33H44N4O8S. The van der Waals surface area contributed by atoms with Crippen LogP contribution in [-0.2, 0) is 32.2 Å². The SMILES string of the molecule is COCCOCc1ncc(C2=C(C(=O)N(Cc3cccc(OC)c3C)C3CC3)C3CN(C(=O)OC(C)(C)C)CC(C2)N3C(=O)O)s1. The first-order valence-corrected chi connectivity index (χ1v) is 16.4. The molecular weight excluding hydrogens is 612 g/mol. The van der Waals surface area contributed by atoms with Gasteiger partial charge >= 0.3 is 12.2 Å². The van der Waals surface area contributed by atoms with Gasteiger partial charge in [-0.15, -0.1) is 11.3 Å². The van der Waals surface area contributed by atoms with Gasteiger partial charge in [0.2, 0.25) is 0 Å². The standard InChI is InChI=1S/C33H44N4O8S/c1-20-21(8-7-9-26(20)43-6)16-36(22-10-11-22)30(38)29-24(27-15-34-28(46-27)19-44-13-12-42-5)14-23-17-35(32(41)45-33(2,3)4)18-25(29)37(23)31(39)40/h7-9,15,22-23,25H,10-14,16-19H2,1-6H3,(H,39,40). The molecule has 2 aliphatic heterocycles. The number of hydrogen-bond acceptors (Lipinski definition) is 9. The number of piperazine rings is 1. The third kappa shape index (κ3) is 7.48. The van der Waals surface area contributed by atoms with Gasteiger partial charge in [-0.1, -0.05) is 12.1 Å². The molecule has 0 spiro atoms. The first-order valence-electron chi connectivity index (χ1n) is 15.6. The Balaban J connectivity index is 1.56. The highest BCUT2D eigenvalue weighted by Gasteiger charge is 2.50. The van der Waals surface area contributed by atoms with Crippen molar-refractivity contribution in [1.29, 1.82) is 0 Å². The summed E-state index contributed by atoms with van der Waals surface area (Å²) in [6, 6.07) is 4.37. The second-order valence-electron chi connectivity index (χ2n) is 12.9. The largest absolute Gasteiger partial charge is 0.496 e. The summed E-state index contributed by atoms with van der Waals surface area (Å²) in [6.45, 7) is 9.05. The number of hydrogen-bond donors (Lipinski definition) is 1. The number of thiazole rings is 1. The number of carboxylic acid groups (broad SMARTS) is 1. The summed E-state index contributed by atoms with van der Waals surface area (Å²) >= 11 is 1.44. The molecule has 3 heterocycles. The molecule has 250 valence electrons. The van der Waals surface area contributed by atoms with Gasteiger partial charge in [0.25, 0.3) is 5.91 Å². The molecule has 0 radical (unpaired) electrons. The van der Waals surface area contributed by atoms with Gasteiger partial charge in [-0.25, -0.2) is 14.6 Å². The maximum atomic E-state index is 14.9. The summed E-state index contributed by atoms with van der Waals surface area (Å²) in [5, 5.41) is 11.2. The molecule has 2 aromatic rings. The molecule has 2 atom stereocenters. The fourth-order valence-corrected chi connectivity index (χ4v) is 7.06. The van der Waals surface area contributed by atoms with Gasteiger partial charge in [0.1, 0.15) is 16.4 Å². The number of methoxy groups -OCH3 is 2. The second-order valence-corrected chi connectivity index (χ2v) is 14.0. The predicted molar refractivity (Wildman–Crippen MR) is 172 cm³/mol. The molecule has 3 amide bonds. The molecule has 1 aromatic heterocycles. The van der Waals surface area contributed by atoms with Crippen LogP contribution in [0.5, 0.6) is 5.75 Å². The number of carbonyl (C=O) groups is 3. The summed E-state index contributed by atoms with van der Waals surface area (Å²) in [4.78, 5) is 51.1. The highest BCUT2D eigenvalue weighted by Crippen LogP contribution is 2.43. The van der Waals surface area contributed by atoms with Crippen molar-refractivity contribution in [2.75, 3.05) is 40.5 Å². The lowest BCUT2D eigenvalue weighted by Crippen LogP contribution is -2.65. The Morgan fingerprint density at radius 3 is 2.54 bits per heavy atom. The maximum absolute atomic E-state index is 14.9. The Hall–Kier alpha value is -3.68. The van der Waals surface area contributed by atoms with E-state index in [-0.39, 0.29) is 31.5 Å². The Bertz CT molecular complexity index is 1480. The molecule has 46 heavy (non-hydrogen) atoms. The quantitative estimate of drug-likeness (QED) is 0.334. The van der Waals surface area contributed by atoms with Crippen LogP contribution in [0, 0.1) is 6.92 Å². The zero-order valence-electron chi connectivity index (χ0n) is 27.4. The average Bonchev–Trinajstić information content (AvgIpc) is 3.73. The normalized spacial score (nSPS) is 19.7. The van der Waals surface area contributed by atoms with Gasteiger partial charge in [-0.3, -0.25) is 9.69 Å². The van der Waals surface area contributed by atoms with Crippen molar-refractivity contribution < 1.29 is 38.4 Å². The van der Waals surface area contributed by atoms with Gasteiger partial charge < -0.3 is 33.9 Å². The molecule has 1 saturated heterocycles. The summed E-state index contributed by atoms with van der Waals surface area (Å²) < 4.78 is 22.0. The fraction of sp³-hybridized carbons (Fsp3) is 0.576. The van der Waals surface area contributed by atoms with Crippen LogP contribution in [0.15, 0.2) is 30.0 Å². The van der Waals surface area contributed by atoms with Crippen LogP contribution in [0.1, 0.15) is 61.0 Å². The lowest BCUT2D eigenvalue weighted by molar-refractivity contribution is -0.129. The molecule has 1 saturated carbocycles. The smallest absolute Gasteiger partial charge is 0.410 e. The third-order valence-corrected chi connectivity index (χ3v) is 9.50. The Morgan fingerprint density at radius 2 is 1.89 bits per heavy atom. The average molecular weight is 657 g/mol. The minimum absolute atomic E-state index is 0.00473. The van der Waals surface area contributed by atoms with Crippen LogP contribution in [-0.4, -0.2) is 107 Å². The van der Waals surface area contributed by atoms with Crippen LogP contribution in [0.3, 0.4) is 0 Å². The lowest BCUT2D eigenvalue weighted by atomic mass is 9.83. The van der Waals surface area contributed by atoms with Crippen LogP contribution in [0.4, 0.5) is 9.59 Å². The number of ether oxygens (including phenoxy) is 4. The van der Waals surface area contributed by atoms with E-state index in [1.54, 1.807) is 46.1 Å². The zero-order valence-corrected chi connectivity index (χ0v) is 28.2. The van der Waals surface area contributed by atoms with Crippen molar-refractivity contribution in [2.45, 2.75) is 83.8 Å². The van der Waals surface area contributed by atoms with Crippen LogP contribution < -0.4 is 4.74 Å². The van der Waals surface area contributed by atoms with E-state index in [1.165, 1.54) is 16.2 Å². The molecule has 2 bridgehead atoms. The molecule has 1 aromatic carbocycles. The summed E-state index contributed by atoms with van der Waals surface area (Å²) in [5.41, 5.74) is 2.34. The first-order chi connectivity index (χ1) is 21.9. The van der Waals surface area contributed by atoms with Gasteiger partial charge in [-0.05, 0) is 69.7 Å². The van der Waals surface area contributed by atoms with Crippen molar-refractivity contribution in [3.05, 3.63) is 51.0 Å². The Kier molecular flexibility index (Phi) is 10.2. The van der Waals surface area contributed by atoms with E-state index in [2.05, 4.69) is 4.98 Å². The number of fused-ring (bicyclic) bond motifs is 2. The van der Waals surface area contributed by atoms with Gasteiger partial charge in [-0.2, -0.15) is 0 Å². The molecule has 12 nitrogen and oxygen atoms in total. The Labute approximate surface area is 273 Å². The molecule has 1 aliphatic carbocycles. The van der Waals surface area contributed by atoms with Crippen LogP contribution in [0.25, 0.3) is 5.57 Å². The monoisotopic (exact) mass is 656 g/mol. The zero-order chi connectivity index (χ0) is 33.2. The van der Waals surface area contributed by atoms with E-state index in [4.69, 9.17) is 18.9 Å². The van der Waals surface area contributed by atoms with Crippen molar-refractivity contribution in [3.63, 3.8) is 0 Å². The van der Waals surface area contributed by atoms with E-state index in [9.17, 15) is 19.5 Å². The van der Waals surface area contributed by atoms with Crippen molar-refractivity contribution >= 4 is 35.0 Å². The third-order valence-electron chi connectivity index (χ3n) is 8.47. The Morgan fingerprint density at radius 1 is 1.13 bits per heavy atom. The van der Waals surface area contributed by atoms with E-state index >= 15 is 0 Å². The number of benzene rings is 1. The van der Waals surface area contributed by atoms with E-state index < -0.39 is 29.9 Å². The molecule has 5 rings (SSSR count).